The molecule has 0 saturated heterocycles. The molecule has 0 fully saturated rings. The minimum Gasteiger partial charge on any atom is -0.480 e. The molecule has 1 atom stereocenters. The minimum absolute atomic E-state index is 0.125. The molecule has 0 bridgehead atoms. The van der Waals surface area contributed by atoms with E-state index in [0.717, 1.165) is 5.69 Å². The zero-order chi connectivity index (χ0) is 14.1. The summed E-state index contributed by atoms with van der Waals surface area (Å²) in [4.78, 5) is 10.7. The Morgan fingerprint density at radius 3 is 3.05 bits per heavy atom. The number of aromatic nitrogens is 3. The zero-order valence-electron chi connectivity index (χ0n) is 10.4. The van der Waals surface area contributed by atoms with Crippen LogP contribution in [-0.4, -0.2) is 38.9 Å². The van der Waals surface area contributed by atoms with Gasteiger partial charge in [-0.3, -0.25) is 4.79 Å². The van der Waals surface area contributed by atoms with Gasteiger partial charge in [0, 0.05) is 12.5 Å². The third-order valence-electron chi connectivity index (χ3n) is 2.91. The Labute approximate surface area is 113 Å². The van der Waals surface area contributed by atoms with Crippen molar-refractivity contribution in [3.63, 3.8) is 0 Å². The highest BCUT2D eigenvalue weighted by Gasteiger charge is 2.17. The summed E-state index contributed by atoms with van der Waals surface area (Å²) in [5.74, 6) is 0.256. The third kappa shape index (κ3) is 2.28. The molecule has 8 nitrogen and oxygen atoms in total. The number of benzene rings is 1. The molecule has 0 radical (unpaired) electrons. The summed E-state index contributed by atoms with van der Waals surface area (Å²) in [5, 5.41) is 16.6. The number of hydrogen-bond acceptors (Lipinski definition) is 6. The van der Waals surface area contributed by atoms with Gasteiger partial charge in [0.2, 0.25) is 6.79 Å². The molecule has 20 heavy (non-hydrogen) atoms. The summed E-state index contributed by atoms with van der Waals surface area (Å²) in [6, 6.07) is 4.38. The van der Waals surface area contributed by atoms with Crippen molar-refractivity contribution in [2.75, 3.05) is 6.79 Å². The second kappa shape index (κ2) is 4.82. The van der Waals surface area contributed by atoms with E-state index in [1.807, 2.05) is 6.07 Å². The van der Waals surface area contributed by atoms with Crippen LogP contribution in [0.1, 0.15) is 5.69 Å². The predicted octanol–water partition coefficient (Wildman–Crippen LogP) is -0.0496. The molecule has 3 N–H and O–H groups in total. The molecule has 1 aromatic carbocycles. The summed E-state index contributed by atoms with van der Waals surface area (Å²) >= 11 is 0. The minimum atomic E-state index is -1.07. The number of hydrogen-bond donors (Lipinski definition) is 2. The van der Waals surface area contributed by atoms with E-state index in [-0.39, 0.29) is 13.2 Å². The number of carboxylic acid groups (broad SMARTS) is 1. The van der Waals surface area contributed by atoms with Gasteiger partial charge in [-0.25, -0.2) is 4.68 Å². The van der Waals surface area contributed by atoms with Gasteiger partial charge in [-0.2, -0.15) is 0 Å². The highest BCUT2D eigenvalue weighted by Crippen LogP contribution is 2.33. The molecule has 1 aliphatic rings. The number of rotatable bonds is 4. The fourth-order valence-electron chi connectivity index (χ4n) is 1.86. The second-order valence-corrected chi connectivity index (χ2v) is 4.34. The third-order valence-corrected chi connectivity index (χ3v) is 2.91. The van der Waals surface area contributed by atoms with Gasteiger partial charge in [0.1, 0.15) is 6.04 Å². The van der Waals surface area contributed by atoms with Gasteiger partial charge in [0.25, 0.3) is 0 Å². The highest BCUT2D eigenvalue weighted by atomic mass is 16.7. The predicted molar refractivity (Wildman–Crippen MR) is 66.8 cm³/mol. The lowest BCUT2D eigenvalue weighted by molar-refractivity contribution is -0.138. The van der Waals surface area contributed by atoms with Crippen molar-refractivity contribution in [1.29, 1.82) is 0 Å². The number of nitrogens with zero attached hydrogens (tertiary/aromatic N) is 3. The normalized spacial score (nSPS) is 14.2. The molecular formula is C12H12N4O4. The molecule has 0 spiro atoms. The largest absolute Gasteiger partial charge is 0.480 e. The average Bonchev–Trinajstić information content (AvgIpc) is 3.05. The fourth-order valence-corrected chi connectivity index (χ4v) is 1.86. The van der Waals surface area contributed by atoms with E-state index >= 15 is 0 Å². The van der Waals surface area contributed by atoms with Gasteiger partial charge < -0.3 is 20.3 Å². The lowest BCUT2D eigenvalue weighted by Gasteiger charge is -2.02. The second-order valence-electron chi connectivity index (χ2n) is 4.34. The summed E-state index contributed by atoms with van der Waals surface area (Å²) in [6.45, 7) is 0.203. The van der Waals surface area contributed by atoms with E-state index in [9.17, 15) is 4.79 Å². The van der Waals surface area contributed by atoms with Gasteiger partial charge in [0.15, 0.2) is 11.5 Å². The standard InChI is InChI=1S/C12H12N4O4/c13-9(12(17)18)3-7-5-16(15-14-7)8-1-2-10-11(4-8)20-6-19-10/h1-2,4-5,9H,3,6,13H2,(H,17,18). The number of nitrogens with two attached hydrogens (primary N) is 1. The quantitative estimate of drug-likeness (QED) is 0.805. The van der Waals surface area contributed by atoms with E-state index < -0.39 is 12.0 Å². The first-order valence-corrected chi connectivity index (χ1v) is 5.93. The van der Waals surface area contributed by atoms with Crippen molar-refractivity contribution in [3.8, 4) is 17.2 Å². The Hall–Kier alpha value is -2.61. The van der Waals surface area contributed by atoms with Crippen LogP contribution in [0.3, 0.4) is 0 Å². The van der Waals surface area contributed by atoms with E-state index in [0.29, 0.717) is 17.2 Å². The summed E-state index contributed by atoms with van der Waals surface area (Å²) < 4.78 is 12.0. The summed E-state index contributed by atoms with van der Waals surface area (Å²) in [7, 11) is 0. The van der Waals surface area contributed by atoms with Crippen molar-refractivity contribution >= 4 is 5.97 Å². The molecule has 1 aliphatic heterocycles. The molecule has 8 heteroatoms. The highest BCUT2D eigenvalue weighted by molar-refractivity contribution is 5.73. The molecule has 1 unspecified atom stereocenters. The molecule has 0 aliphatic carbocycles. The van der Waals surface area contributed by atoms with Crippen molar-refractivity contribution in [3.05, 3.63) is 30.1 Å². The average molecular weight is 276 g/mol. The maximum absolute atomic E-state index is 10.7. The molecule has 2 aromatic rings. The number of aliphatic carboxylic acids is 1. The maximum Gasteiger partial charge on any atom is 0.320 e. The Bertz CT molecular complexity index is 655. The molecule has 0 amide bonds. The van der Waals surface area contributed by atoms with Crippen molar-refractivity contribution in [1.82, 2.24) is 15.0 Å². The van der Waals surface area contributed by atoms with Crippen LogP contribution < -0.4 is 15.2 Å². The molecule has 3 rings (SSSR count). The van der Waals surface area contributed by atoms with Crippen LogP contribution in [-0.2, 0) is 11.2 Å². The van der Waals surface area contributed by atoms with Crippen molar-refractivity contribution < 1.29 is 19.4 Å². The topological polar surface area (TPSA) is 112 Å². The van der Waals surface area contributed by atoms with Gasteiger partial charge >= 0.3 is 5.97 Å². The lowest BCUT2D eigenvalue weighted by atomic mass is 10.2. The van der Waals surface area contributed by atoms with Gasteiger partial charge in [-0.15, -0.1) is 5.10 Å². The number of fused-ring (bicyclic) bond motifs is 1. The van der Waals surface area contributed by atoms with Crippen LogP contribution in [0.4, 0.5) is 0 Å². The molecular weight excluding hydrogens is 264 g/mol. The van der Waals surface area contributed by atoms with Gasteiger partial charge in [-0.1, -0.05) is 5.21 Å². The first-order chi connectivity index (χ1) is 9.63. The number of carbonyl (C=O) groups is 1. The first kappa shape index (κ1) is 12.4. The molecule has 1 aromatic heterocycles. The Balaban J connectivity index is 1.81. The molecule has 104 valence electrons. The van der Waals surface area contributed by atoms with Crippen LogP contribution in [0.25, 0.3) is 5.69 Å². The van der Waals surface area contributed by atoms with Crippen molar-refractivity contribution in [2.24, 2.45) is 5.73 Å². The van der Waals surface area contributed by atoms with Gasteiger partial charge in [-0.05, 0) is 12.1 Å². The van der Waals surface area contributed by atoms with Crippen molar-refractivity contribution in [2.45, 2.75) is 12.5 Å². The Morgan fingerprint density at radius 1 is 1.45 bits per heavy atom. The first-order valence-electron chi connectivity index (χ1n) is 5.93. The summed E-state index contributed by atoms with van der Waals surface area (Å²) in [6.07, 6.45) is 1.76. The van der Waals surface area contributed by atoms with Crippen LogP contribution in [0, 0.1) is 0 Å². The SMILES string of the molecule is NC(Cc1cn(-c2ccc3c(c2)OCO3)nn1)C(=O)O. The molecule has 0 saturated carbocycles. The maximum atomic E-state index is 10.7. The number of ether oxygens (including phenoxy) is 2. The van der Waals surface area contributed by atoms with Crippen LogP contribution in [0.15, 0.2) is 24.4 Å². The van der Waals surface area contributed by atoms with E-state index in [2.05, 4.69) is 10.3 Å². The Morgan fingerprint density at radius 2 is 2.25 bits per heavy atom. The molecule has 2 heterocycles. The summed E-state index contributed by atoms with van der Waals surface area (Å²) in [5.41, 5.74) is 6.72. The van der Waals surface area contributed by atoms with E-state index in [4.69, 9.17) is 20.3 Å². The lowest BCUT2D eigenvalue weighted by Crippen LogP contribution is -2.32. The Kier molecular flexibility index (Phi) is 2.99. The fraction of sp³-hybridized carbons (Fsp3) is 0.250. The van der Waals surface area contributed by atoms with Gasteiger partial charge in [0.05, 0.1) is 17.6 Å². The number of carboxylic acids is 1. The monoisotopic (exact) mass is 276 g/mol. The van der Waals surface area contributed by atoms with E-state index in [1.165, 1.54) is 4.68 Å². The van der Waals surface area contributed by atoms with Crippen LogP contribution >= 0.6 is 0 Å². The van der Waals surface area contributed by atoms with Crippen LogP contribution in [0.2, 0.25) is 0 Å². The van der Waals surface area contributed by atoms with E-state index in [1.54, 1.807) is 18.3 Å². The smallest absolute Gasteiger partial charge is 0.320 e. The zero-order valence-corrected chi connectivity index (χ0v) is 10.4. The van der Waals surface area contributed by atoms with Crippen LogP contribution in [0.5, 0.6) is 11.5 Å².